The van der Waals surface area contributed by atoms with Crippen molar-refractivity contribution in [3.05, 3.63) is 0 Å². The molecule has 0 saturated carbocycles. The minimum atomic E-state index is -0.534. The molecule has 0 aliphatic carbocycles. The summed E-state index contributed by atoms with van der Waals surface area (Å²) < 4.78 is 0. The van der Waals surface area contributed by atoms with Gasteiger partial charge in [-0.05, 0) is 9.76 Å². The van der Waals surface area contributed by atoms with Crippen LogP contribution in [0.15, 0.2) is 0 Å². The molecule has 0 saturated heterocycles. The van der Waals surface area contributed by atoms with E-state index in [1.165, 1.54) is 9.76 Å². The van der Waals surface area contributed by atoms with Crippen LogP contribution in [0.1, 0.15) is 0 Å². The summed E-state index contributed by atoms with van der Waals surface area (Å²) in [5, 5.41) is 0. The highest BCUT2D eigenvalue weighted by atomic mass is 29.6. The lowest BCUT2D eigenvalue weighted by Gasteiger charge is -2.18. The third-order valence-electron chi connectivity index (χ3n) is 1.73. The molecule has 0 rings (SSSR count). The van der Waals surface area contributed by atoms with E-state index in [2.05, 4.69) is 26.2 Å². The van der Waals surface area contributed by atoms with Crippen LogP contribution in [0.3, 0.4) is 0 Å². The van der Waals surface area contributed by atoms with E-state index in [0.717, 1.165) is 0 Å². The predicted octanol–water partition coefficient (Wildman–Crippen LogP) is 0.122. The highest BCUT2D eigenvalue weighted by Crippen LogP contribution is 2.01. The van der Waals surface area contributed by atoms with E-state index in [-0.39, 0.29) is 7.83 Å². The lowest BCUT2D eigenvalue weighted by Crippen LogP contribution is -2.40. The van der Waals surface area contributed by atoms with Gasteiger partial charge in [-0.2, -0.15) is 0 Å². The van der Waals surface area contributed by atoms with Gasteiger partial charge in [0.15, 0.2) is 0 Å². The summed E-state index contributed by atoms with van der Waals surface area (Å²) in [5.74, 6) is 0. The molecule has 0 aliphatic heterocycles. The zero-order chi connectivity index (χ0) is 6.08. The molecule has 0 bridgehead atoms. The number of hydrogen-bond acceptors (Lipinski definition) is 0. The molecule has 0 heterocycles. The fraction of sp³-hybridized carbons (Fsp3) is 1.00. The van der Waals surface area contributed by atoms with Gasteiger partial charge in [-0.1, -0.05) is 26.2 Å². The van der Waals surface area contributed by atoms with Crippen molar-refractivity contribution in [2.24, 2.45) is 0 Å². The average molecular weight is 148 g/mol. The van der Waals surface area contributed by atoms with Gasteiger partial charge in [-0.3, -0.25) is 0 Å². The molecule has 0 N–H and O–H groups in total. The smallest absolute Gasteiger partial charge is 0.0311 e. The van der Waals surface area contributed by atoms with E-state index in [4.69, 9.17) is 0 Å². The Kier molecular flexibility index (Phi) is 2.49. The molecule has 0 aromatic rings. The van der Waals surface area contributed by atoms with Crippen molar-refractivity contribution in [1.82, 2.24) is 0 Å². The predicted molar refractivity (Wildman–Crippen MR) is 46.3 cm³/mol. The zero-order valence-corrected chi connectivity index (χ0v) is 10.2. The van der Waals surface area contributed by atoms with Gasteiger partial charge in [0, 0.05) is 15.4 Å². The van der Waals surface area contributed by atoms with Crippen molar-refractivity contribution in [1.29, 1.82) is 0 Å². The largest absolute Gasteiger partial charge is 0.0764 e. The van der Waals surface area contributed by atoms with E-state index in [1.54, 1.807) is 0 Å². The van der Waals surface area contributed by atoms with Crippen molar-refractivity contribution < 1.29 is 0 Å². The molecule has 0 radical (unpaired) electrons. The van der Waals surface area contributed by atoms with Crippen molar-refractivity contribution in [2.75, 3.05) is 0 Å². The van der Waals surface area contributed by atoms with Crippen LogP contribution in [0.2, 0.25) is 26.2 Å². The molecule has 1 unspecified atom stereocenters. The second-order valence-corrected chi connectivity index (χ2v) is 27.9. The van der Waals surface area contributed by atoms with Crippen LogP contribution in [-0.2, 0) is 0 Å². The van der Waals surface area contributed by atoms with E-state index < -0.39 is 7.59 Å². The van der Waals surface area contributed by atoms with Crippen molar-refractivity contribution in [3.63, 3.8) is 0 Å². The van der Waals surface area contributed by atoms with Gasteiger partial charge in [-0.25, -0.2) is 0 Å². The Morgan fingerprint density at radius 2 is 1.43 bits per heavy atom. The fourth-order valence-electron chi connectivity index (χ4n) is 0. The van der Waals surface area contributed by atoms with Gasteiger partial charge in [0.1, 0.15) is 0 Å². The first kappa shape index (κ1) is 7.65. The molecule has 0 aromatic heterocycles. The van der Waals surface area contributed by atoms with Crippen molar-refractivity contribution in [3.8, 4) is 0 Å². The Hall–Kier alpha value is 0.651. The Morgan fingerprint density at radius 3 is 1.43 bits per heavy atom. The van der Waals surface area contributed by atoms with Gasteiger partial charge < -0.3 is 0 Å². The summed E-state index contributed by atoms with van der Waals surface area (Å²) in [4.78, 5) is 0. The maximum absolute atomic E-state index is 2.51. The van der Waals surface area contributed by atoms with Gasteiger partial charge in [-0.15, -0.1) is 0 Å². The van der Waals surface area contributed by atoms with E-state index in [9.17, 15) is 0 Å². The Balaban J connectivity index is 3.54. The van der Waals surface area contributed by atoms with E-state index in [1.807, 2.05) is 0 Å². The van der Waals surface area contributed by atoms with Crippen LogP contribution in [0, 0.1) is 0 Å². The maximum Gasteiger partial charge on any atom is 0.0311 e. The molecule has 0 amide bonds. The van der Waals surface area contributed by atoms with Crippen LogP contribution in [-0.4, -0.2) is 25.2 Å². The van der Waals surface area contributed by atoms with Crippen LogP contribution in [0.4, 0.5) is 0 Å². The lowest BCUT2D eigenvalue weighted by atomic mass is 11.8. The van der Waals surface area contributed by atoms with Crippen molar-refractivity contribution >= 4 is 25.2 Å². The molecule has 0 nitrogen and oxygen atoms in total. The van der Waals surface area contributed by atoms with E-state index in [0.29, 0.717) is 0 Å². The molecule has 1 atom stereocenters. The summed E-state index contributed by atoms with van der Waals surface area (Å²) in [5.41, 5.74) is 0. The first-order valence-corrected chi connectivity index (χ1v) is 14.0. The molecule has 3 heteroatoms. The summed E-state index contributed by atoms with van der Waals surface area (Å²) in [6.07, 6.45) is 0. The summed E-state index contributed by atoms with van der Waals surface area (Å²) in [6.45, 7) is 10.0. The molecule has 44 valence electrons. The second kappa shape index (κ2) is 2.28. The quantitative estimate of drug-likeness (QED) is 0.464. The highest BCUT2D eigenvalue weighted by molar-refractivity contribution is 7.47. The minimum Gasteiger partial charge on any atom is -0.0764 e. The molecule has 0 aliphatic rings. The first-order valence-electron chi connectivity index (χ1n) is 2.94. The second-order valence-electron chi connectivity index (χ2n) is 3.52. The minimum absolute atomic E-state index is 0.0810. The van der Waals surface area contributed by atoms with Crippen LogP contribution in [0.25, 0.3) is 0 Å². The molecule has 0 fully saturated rings. The summed E-state index contributed by atoms with van der Waals surface area (Å²) in [6, 6.07) is 0. The third-order valence-corrected chi connectivity index (χ3v) is 31.2. The van der Waals surface area contributed by atoms with Crippen LogP contribution >= 0.6 is 0 Å². The van der Waals surface area contributed by atoms with Gasteiger partial charge in [0.05, 0.1) is 0 Å². The number of rotatable bonds is 1. The Labute approximate surface area is 51.9 Å². The van der Waals surface area contributed by atoms with Gasteiger partial charge in [0.25, 0.3) is 0 Å². The molecular weight excluding hydrogens is 132 g/mol. The third kappa shape index (κ3) is 3.25. The Morgan fingerprint density at radius 1 is 1.29 bits per heavy atom. The van der Waals surface area contributed by atoms with Crippen molar-refractivity contribution in [2.45, 2.75) is 26.2 Å². The SMILES string of the molecule is C[SiH]([SiH3])[Si](C)(C)C. The van der Waals surface area contributed by atoms with Gasteiger partial charge >= 0.3 is 0 Å². The summed E-state index contributed by atoms with van der Waals surface area (Å²) in [7, 11) is 0.914. The highest BCUT2D eigenvalue weighted by Gasteiger charge is 2.17. The molecule has 0 spiro atoms. The molecule has 7 heavy (non-hydrogen) atoms. The average Bonchev–Trinajstić information content (AvgIpc) is 1.31. The standard InChI is InChI=1S/C4H16Si3/c1-6(5)7(2,3)4/h6H,1-5H3. The maximum atomic E-state index is 2.51. The van der Waals surface area contributed by atoms with Gasteiger partial charge in [0.2, 0.25) is 0 Å². The number of hydrogen-bond donors (Lipinski definition) is 0. The van der Waals surface area contributed by atoms with E-state index >= 15 is 0 Å². The molecular formula is C4H16Si3. The summed E-state index contributed by atoms with van der Waals surface area (Å²) >= 11 is 0. The van der Waals surface area contributed by atoms with Crippen LogP contribution < -0.4 is 0 Å². The fourth-order valence-corrected chi connectivity index (χ4v) is 0. The Bertz CT molecular complexity index is 52.4. The monoisotopic (exact) mass is 148 g/mol. The molecule has 0 aromatic carbocycles. The van der Waals surface area contributed by atoms with Crippen LogP contribution in [0.5, 0.6) is 0 Å². The normalized spacial score (nSPS) is 17.1. The first-order chi connectivity index (χ1) is 2.94. The lowest BCUT2D eigenvalue weighted by molar-refractivity contribution is 1.84. The zero-order valence-electron chi connectivity index (χ0n) is 6.08. The topological polar surface area (TPSA) is 0 Å².